The molecule has 3 rings (SSSR count). The van der Waals surface area contributed by atoms with Crippen LogP contribution in [0.5, 0.6) is 0 Å². The number of halogens is 1. The summed E-state index contributed by atoms with van der Waals surface area (Å²) >= 11 is 5.95. The molecule has 0 aliphatic carbocycles. The van der Waals surface area contributed by atoms with Gasteiger partial charge in [-0.25, -0.2) is 4.79 Å². The largest absolute Gasteiger partial charge is 0.444 e. The first-order chi connectivity index (χ1) is 13.7. The Bertz CT molecular complexity index is 709. The number of amides is 2. The van der Waals surface area contributed by atoms with Gasteiger partial charge in [0.15, 0.2) is 0 Å². The summed E-state index contributed by atoms with van der Waals surface area (Å²) in [6, 6.07) is 7.69. The summed E-state index contributed by atoms with van der Waals surface area (Å²) in [7, 11) is 0. The highest BCUT2D eigenvalue weighted by Gasteiger charge is 2.37. The number of hydrogen-bond acceptors (Lipinski definition) is 4. The molecule has 0 radical (unpaired) electrons. The van der Waals surface area contributed by atoms with Crippen LogP contribution >= 0.6 is 11.6 Å². The van der Waals surface area contributed by atoms with Crippen LogP contribution in [-0.2, 0) is 16.1 Å². The number of rotatable bonds is 4. The SMILES string of the molecule is CC(C)(C)OC(=O)N1CCCC1C(=O)NC1CCN(Cc2ccc(Cl)cc2)CC1. The molecule has 1 atom stereocenters. The van der Waals surface area contributed by atoms with Crippen molar-refractivity contribution in [2.45, 2.75) is 70.7 Å². The van der Waals surface area contributed by atoms with E-state index < -0.39 is 17.7 Å². The molecule has 2 amide bonds. The Balaban J connectivity index is 1.46. The van der Waals surface area contributed by atoms with Crippen molar-refractivity contribution in [3.8, 4) is 0 Å². The predicted molar refractivity (Wildman–Crippen MR) is 114 cm³/mol. The lowest BCUT2D eigenvalue weighted by Gasteiger charge is -2.34. The molecule has 2 aliphatic heterocycles. The highest BCUT2D eigenvalue weighted by atomic mass is 35.5. The number of carbonyl (C=O) groups excluding carboxylic acids is 2. The molecule has 1 aromatic rings. The van der Waals surface area contributed by atoms with E-state index in [4.69, 9.17) is 16.3 Å². The zero-order valence-electron chi connectivity index (χ0n) is 17.6. The molecule has 160 valence electrons. The Morgan fingerprint density at radius 1 is 1.10 bits per heavy atom. The first-order valence-corrected chi connectivity index (χ1v) is 10.9. The Morgan fingerprint density at radius 3 is 2.38 bits per heavy atom. The summed E-state index contributed by atoms with van der Waals surface area (Å²) in [5.74, 6) is -0.0514. The number of likely N-dealkylation sites (tertiary alicyclic amines) is 2. The van der Waals surface area contributed by atoms with Crippen LogP contribution in [0, 0.1) is 0 Å². The number of carbonyl (C=O) groups is 2. The molecule has 1 aromatic carbocycles. The number of piperidine rings is 1. The average Bonchev–Trinajstić information content (AvgIpc) is 3.14. The van der Waals surface area contributed by atoms with E-state index in [1.807, 2.05) is 32.9 Å². The fourth-order valence-corrected chi connectivity index (χ4v) is 4.09. The molecule has 1 N–H and O–H groups in total. The van der Waals surface area contributed by atoms with Gasteiger partial charge in [-0.15, -0.1) is 0 Å². The van der Waals surface area contributed by atoms with Crippen molar-refractivity contribution >= 4 is 23.6 Å². The number of hydrogen-bond donors (Lipinski definition) is 1. The van der Waals surface area contributed by atoms with E-state index in [9.17, 15) is 9.59 Å². The summed E-state index contributed by atoms with van der Waals surface area (Å²) in [5.41, 5.74) is 0.688. The molecule has 29 heavy (non-hydrogen) atoms. The van der Waals surface area contributed by atoms with Gasteiger partial charge in [0.1, 0.15) is 11.6 Å². The van der Waals surface area contributed by atoms with Crippen molar-refractivity contribution in [2.24, 2.45) is 0 Å². The molecule has 6 nitrogen and oxygen atoms in total. The Morgan fingerprint density at radius 2 is 1.76 bits per heavy atom. The van der Waals surface area contributed by atoms with E-state index in [1.165, 1.54) is 5.56 Å². The first kappa shape index (κ1) is 21.9. The van der Waals surface area contributed by atoms with E-state index in [-0.39, 0.29) is 11.9 Å². The normalized spacial score (nSPS) is 21.2. The smallest absolute Gasteiger partial charge is 0.410 e. The minimum Gasteiger partial charge on any atom is -0.444 e. The van der Waals surface area contributed by atoms with E-state index in [0.717, 1.165) is 43.9 Å². The molecule has 7 heteroatoms. The molecular weight excluding hydrogens is 390 g/mol. The van der Waals surface area contributed by atoms with E-state index in [0.29, 0.717) is 13.0 Å². The van der Waals surface area contributed by atoms with Crippen molar-refractivity contribution in [3.63, 3.8) is 0 Å². The molecule has 0 aromatic heterocycles. The van der Waals surface area contributed by atoms with Crippen LogP contribution in [0.4, 0.5) is 4.79 Å². The minimum absolute atomic E-state index is 0.0514. The predicted octanol–water partition coefficient (Wildman–Crippen LogP) is 3.82. The van der Waals surface area contributed by atoms with Crippen molar-refractivity contribution < 1.29 is 14.3 Å². The second-order valence-electron chi connectivity index (χ2n) is 9.02. The van der Waals surface area contributed by atoms with Gasteiger partial charge >= 0.3 is 6.09 Å². The maximum Gasteiger partial charge on any atom is 0.410 e. The Kier molecular flexibility index (Phi) is 7.06. The fourth-order valence-electron chi connectivity index (χ4n) is 3.96. The first-order valence-electron chi connectivity index (χ1n) is 10.5. The van der Waals surface area contributed by atoms with Crippen LogP contribution < -0.4 is 5.32 Å². The monoisotopic (exact) mass is 421 g/mol. The molecule has 1 unspecified atom stereocenters. The van der Waals surface area contributed by atoms with Crippen molar-refractivity contribution in [1.82, 2.24) is 15.1 Å². The third kappa shape index (κ3) is 6.34. The van der Waals surface area contributed by atoms with Gasteiger partial charge in [0.2, 0.25) is 5.91 Å². The Hall–Kier alpha value is -1.79. The average molecular weight is 422 g/mol. The molecule has 0 saturated carbocycles. The van der Waals surface area contributed by atoms with Crippen LogP contribution in [-0.4, -0.2) is 59.1 Å². The maximum absolute atomic E-state index is 12.8. The van der Waals surface area contributed by atoms with Crippen molar-refractivity contribution in [2.75, 3.05) is 19.6 Å². The Labute approximate surface area is 178 Å². The summed E-state index contributed by atoms with van der Waals surface area (Å²) in [6.45, 7) is 8.87. The zero-order chi connectivity index (χ0) is 21.0. The van der Waals surface area contributed by atoms with Crippen LogP contribution in [0.25, 0.3) is 0 Å². The van der Waals surface area contributed by atoms with E-state index >= 15 is 0 Å². The molecular formula is C22H32ClN3O3. The van der Waals surface area contributed by atoms with Gasteiger partial charge in [-0.1, -0.05) is 23.7 Å². The van der Waals surface area contributed by atoms with Gasteiger partial charge in [0, 0.05) is 37.2 Å². The van der Waals surface area contributed by atoms with Crippen LogP contribution in [0.2, 0.25) is 5.02 Å². The van der Waals surface area contributed by atoms with E-state index in [2.05, 4.69) is 22.3 Å². The standard InChI is InChI=1S/C22H32ClN3O3/c1-22(2,3)29-21(28)26-12-4-5-19(26)20(27)24-18-10-13-25(14-11-18)15-16-6-8-17(23)9-7-16/h6-9,18-19H,4-5,10-15H2,1-3H3,(H,24,27). The van der Waals surface area contributed by atoms with Gasteiger partial charge < -0.3 is 10.1 Å². The number of ether oxygens (including phenoxy) is 1. The van der Waals surface area contributed by atoms with Crippen molar-refractivity contribution in [1.29, 1.82) is 0 Å². The lowest BCUT2D eigenvalue weighted by atomic mass is 10.0. The third-order valence-corrected chi connectivity index (χ3v) is 5.69. The minimum atomic E-state index is -0.558. The molecule has 0 bridgehead atoms. The highest BCUT2D eigenvalue weighted by Crippen LogP contribution is 2.22. The second kappa shape index (κ2) is 9.35. The van der Waals surface area contributed by atoms with Gasteiger partial charge in [0.05, 0.1) is 0 Å². The zero-order valence-corrected chi connectivity index (χ0v) is 18.4. The van der Waals surface area contributed by atoms with Gasteiger partial charge in [-0.05, 0) is 64.2 Å². The van der Waals surface area contributed by atoms with Crippen LogP contribution in [0.1, 0.15) is 52.0 Å². The van der Waals surface area contributed by atoms with Crippen LogP contribution in [0.3, 0.4) is 0 Å². The molecule has 2 aliphatic rings. The van der Waals surface area contributed by atoms with Crippen LogP contribution in [0.15, 0.2) is 24.3 Å². The lowest BCUT2D eigenvalue weighted by molar-refractivity contribution is -0.126. The van der Waals surface area contributed by atoms with E-state index in [1.54, 1.807) is 4.90 Å². The molecule has 2 heterocycles. The highest BCUT2D eigenvalue weighted by molar-refractivity contribution is 6.30. The molecule has 0 spiro atoms. The quantitative estimate of drug-likeness (QED) is 0.802. The van der Waals surface area contributed by atoms with Crippen molar-refractivity contribution in [3.05, 3.63) is 34.9 Å². The lowest BCUT2D eigenvalue weighted by Crippen LogP contribution is -2.52. The number of benzene rings is 1. The molecule has 2 fully saturated rings. The third-order valence-electron chi connectivity index (χ3n) is 5.44. The van der Waals surface area contributed by atoms with Gasteiger partial charge in [-0.2, -0.15) is 0 Å². The number of nitrogens with one attached hydrogen (secondary N) is 1. The number of nitrogens with zero attached hydrogens (tertiary/aromatic N) is 2. The summed E-state index contributed by atoms with van der Waals surface area (Å²) in [5, 5.41) is 3.92. The fraction of sp³-hybridized carbons (Fsp3) is 0.636. The molecule has 2 saturated heterocycles. The topological polar surface area (TPSA) is 61.9 Å². The summed E-state index contributed by atoms with van der Waals surface area (Å²) in [6.07, 6.45) is 2.96. The maximum atomic E-state index is 12.8. The summed E-state index contributed by atoms with van der Waals surface area (Å²) < 4.78 is 5.46. The van der Waals surface area contributed by atoms with Gasteiger partial charge in [0.25, 0.3) is 0 Å². The summed E-state index contributed by atoms with van der Waals surface area (Å²) in [4.78, 5) is 29.2. The van der Waals surface area contributed by atoms with Gasteiger partial charge in [-0.3, -0.25) is 14.6 Å². The second-order valence-corrected chi connectivity index (χ2v) is 9.45.